The predicted molar refractivity (Wildman–Crippen MR) is 77.8 cm³/mol. The maximum Gasteiger partial charge on any atom is 0.136 e. The fraction of sp³-hybridized carbons (Fsp3) is 0.500. The van der Waals surface area contributed by atoms with Gasteiger partial charge in [-0.3, -0.25) is 10.3 Å². The first-order chi connectivity index (χ1) is 9.63. The number of benzene rings is 1. The second kappa shape index (κ2) is 6.67. The topological polar surface area (TPSA) is 76.6 Å². The SMILES string of the molecule is N=C(N)c1c(F)cccc1N1CCCN(CCO)CC1. The molecular formula is C14H21FN4O. The first-order valence-corrected chi connectivity index (χ1v) is 6.84. The van der Waals surface area contributed by atoms with Crippen molar-refractivity contribution in [3.8, 4) is 0 Å². The van der Waals surface area contributed by atoms with Crippen LogP contribution in [-0.4, -0.2) is 55.2 Å². The molecule has 0 bridgehead atoms. The molecule has 5 nitrogen and oxygen atoms in total. The Hall–Kier alpha value is -1.66. The van der Waals surface area contributed by atoms with Crippen molar-refractivity contribution in [2.75, 3.05) is 44.2 Å². The zero-order valence-electron chi connectivity index (χ0n) is 11.5. The van der Waals surface area contributed by atoms with E-state index in [2.05, 4.69) is 9.80 Å². The standard InChI is InChI=1S/C14H21FN4O/c15-11-3-1-4-12(13(11)14(16)17)19-6-2-5-18(7-8-19)9-10-20/h1,3-4,20H,2,5-10H2,(H3,16,17). The Balaban J connectivity index is 2.20. The number of anilines is 1. The molecule has 0 atom stereocenters. The van der Waals surface area contributed by atoms with Gasteiger partial charge in [0.05, 0.1) is 17.9 Å². The van der Waals surface area contributed by atoms with Gasteiger partial charge in [-0.05, 0) is 25.1 Å². The van der Waals surface area contributed by atoms with Crippen LogP contribution in [0, 0.1) is 11.2 Å². The second-order valence-electron chi connectivity index (χ2n) is 4.95. The van der Waals surface area contributed by atoms with E-state index in [1.54, 1.807) is 6.07 Å². The fourth-order valence-electron chi connectivity index (χ4n) is 2.62. The average molecular weight is 280 g/mol. The van der Waals surface area contributed by atoms with Gasteiger partial charge in [-0.15, -0.1) is 0 Å². The predicted octanol–water partition coefficient (Wildman–Crippen LogP) is 0.614. The highest BCUT2D eigenvalue weighted by Gasteiger charge is 2.20. The zero-order chi connectivity index (χ0) is 14.5. The Labute approximate surface area is 118 Å². The number of rotatable bonds is 4. The molecule has 0 radical (unpaired) electrons. The molecule has 0 unspecified atom stereocenters. The minimum Gasteiger partial charge on any atom is -0.395 e. The van der Waals surface area contributed by atoms with Crippen LogP contribution in [0.3, 0.4) is 0 Å². The van der Waals surface area contributed by atoms with Crippen LogP contribution in [0.2, 0.25) is 0 Å². The van der Waals surface area contributed by atoms with Crippen molar-refractivity contribution < 1.29 is 9.50 Å². The molecule has 1 aliphatic heterocycles. The van der Waals surface area contributed by atoms with Crippen molar-refractivity contribution in [1.82, 2.24) is 4.90 Å². The molecule has 4 N–H and O–H groups in total. The minimum absolute atomic E-state index is 0.151. The molecule has 0 aromatic heterocycles. The number of amidine groups is 1. The highest BCUT2D eigenvalue weighted by atomic mass is 19.1. The Kier molecular flexibility index (Phi) is 4.92. The van der Waals surface area contributed by atoms with E-state index < -0.39 is 5.82 Å². The number of halogens is 1. The first kappa shape index (κ1) is 14.7. The van der Waals surface area contributed by atoms with Gasteiger partial charge >= 0.3 is 0 Å². The molecular weight excluding hydrogens is 259 g/mol. The van der Waals surface area contributed by atoms with Gasteiger partial charge in [-0.2, -0.15) is 0 Å². The van der Waals surface area contributed by atoms with Crippen molar-refractivity contribution in [2.45, 2.75) is 6.42 Å². The molecule has 1 heterocycles. The van der Waals surface area contributed by atoms with Crippen molar-refractivity contribution in [2.24, 2.45) is 5.73 Å². The molecule has 1 aromatic rings. The van der Waals surface area contributed by atoms with Crippen molar-refractivity contribution in [3.63, 3.8) is 0 Å². The summed E-state index contributed by atoms with van der Waals surface area (Å²) < 4.78 is 13.9. The maximum atomic E-state index is 13.9. The molecule has 1 fully saturated rings. The molecule has 0 aliphatic carbocycles. The molecule has 6 heteroatoms. The van der Waals surface area contributed by atoms with E-state index in [9.17, 15) is 4.39 Å². The lowest BCUT2D eigenvalue weighted by Crippen LogP contribution is -2.33. The van der Waals surface area contributed by atoms with E-state index >= 15 is 0 Å². The van der Waals surface area contributed by atoms with Gasteiger partial charge in [-0.25, -0.2) is 4.39 Å². The highest BCUT2D eigenvalue weighted by molar-refractivity contribution is 6.00. The molecule has 0 saturated carbocycles. The number of nitrogens with one attached hydrogen (secondary N) is 1. The number of nitrogens with two attached hydrogens (primary N) is 1. The minimum atomic E-state index is -0.452. The Morgan fingerprint density at radius 3 is 2.80 bits per heavy atom. The lowest BCUT2D eigenvalue weighted by atomic mass is 10.1. The molecule has 110 valence electrons. The van der Waals surface area contributed by atoms with Crippen LogP contribution in [-0.2, 0) is 0 Å². The lowest BCUT2D eigenvalue weighted by Gasteiger charge is -2.25. The molecule has 0 spiro atoms. The summed E-state index contributed by atoms with van der Waals surface area (Å²) in [6.45, 7) is 4.08. The summed E-state index contributed by atoms with van der Waals surface area (Å²) >= 11 is 0. The zero-order valence-corrected chi connectivity index (χ0v) is 11.5. The largest absolute Gasteiger partial charge is 0.395 e. The van der Waals surface area contributed by atoms with Crippen LogP contribution < -0.4 is 10.6 Å². The fourth-order valence-corrected chi connectivity index (χ4v) is 2.62. The van der Waals surface area contributed by atoms with Crippen LogP contribution >= 0.6 is 0 Å². The number of β-amino-alcohol motifs (C(OH)–C–C–N with tert-alkyl or cyclic N) is 1. The van der Waals surface area contributed by atoms with E-state index in [1.807, 2.05) is 6.07 Å². The number of nitrogens with zero attached hydrogens (tertiary/aromatic N) is 2. The summed E-state index contributed by atoms with van der Waals surface area (Å²) in [6.07, 6.45) is 0.938. The van der Waals surface area contributed by atoms with E-state index in [0.717, 1.165) is 32.6 Å². The van der Waals surface area contributed by atoms with Crippen LogP contribution in [0.25, 0.3) is 0 Å². The molecule has 2 rings (SSSR count). The third kappa shape index (κ3) is 3.26. The summed E-state index contributed by atoms with van der Waals surface area (Å²) in [5.74, 6) is -0.693. The van der Waals surface area contributed by atoms with E-state index in [0.29, 0.717) is 12.2 Å². The number of hydrogen-bond donors (Lipinski definition) is 3. The summed E-state index contributed by atoms with van der Waals surface area (Å²) in [4.78, 5) is 4.25. The Bertz CT molecular complexity index is 480. The van der Waals surface area contributed by atoms with Gasteiger partial charge in [-0.1, -0.05) is 6.07 Å². The molecule has 1 saturated heterocycles. The summed E-state index contributed by atoms with van der Waals surface area (Å²) in [6, 6.07) is 4.78. The monoisotopic (exact) mass is 280 g/mol. The lowest BCUT2D eigenvalue weighted by molar-refractivity contribution is 0.204. The van der Waals surface area contributed by atoms with Gasteiger partial charge in [0.15, 0.2) is 0 Å². The number of aliphatic hydroxyl groups excluding tert-OH is 1. The van der Waals surface area contributed by atoms with Crippen molar-refractivity contribution in [1.29, 1.82) is 5.41 Å². The van der Waals surface area contributed by atoms with Crippen LogP contribution in [0.15, 0.2) is 18.2 Å². The molecule has 1 aromatic carbocycles. The normalized spacial score (nSPS) is 17.0. The van der Waals surface area contributed by atoms with Gasteiger partial charge < -0.3 is 15.7 Å². The van der Waals surface area contributed by atoms with Gasteiger partial charge in [0.25, 0.3) is 0 Å². The molecule has 0 amide bonds. The summed E-state index contributed by atoms with van der Waals surface area (Å²) in [5, 5.41) is 16.6. The molecule has 20 heavy (non-hydrogen) atoms. The van der Waals surface area contributed by atoms with E-state index in [1.165, 1.54) is 6.07 Å². The smallest absolute Gasteiger partial charge is 0.136 e. The number of nitrogen functional groups attached to an aromatic ring is 1. The van der Waals surface area contributed by atoms with Crippen molar-refractivity contribution >= 4 is 11.5 Å². The number of aliphatic hydroxyl groups is 1. The summed E-state index contributed by atoms with van der Waals surface area (Å²) in [5.41, 5.74) is 6.38. The average Bonchev–Trinajstić information content (AvgIpc) is 2.64. The van der Waals surface area contributed by atoms with Gasteiger partial charge in [0, 0.05) is 26.2 Å². The quantitative estimate of drug-likeness (QED) is 0.558. The second-order valence-corrected chi connectivity index (χ2v) is 4.95. The van der Waals surface area contributed by atoms with E-state index in [4.69, 9.17) is 16.2 Å². The summed E-state index contributed by atoms with van der Waals surface area (Å²) in [7, 11) is 0. The maximum absolute atomic E-state index is 13.9. The third-order valence-corrected chi connectivity index (χ3v) is 3.61. The van der Waals surface area contributed by atoms with E-state index in [-0.39, 0.29) is 18.0 Å². The molecule has 1 aliphatic rings. The third-order valence-electron chi connectivity index (χ3n) is 3.61. The first-order valence-electron chi connectivity index (χ1n) is 6.84. The Morgan fingerprint density at radius 2 is 2.10 bits per heavy atom. The van der Waals surface area contributed by atoms with Crippen LogP contribution in [0.5, 0.6) is 0 Å². The highest BCUT2D eigenvalue weighted by Crippen LogP contribution is 2.24. The Morgan fingerprint density at radius 1 is 1.30 bits per heavy atom. The van der Waals surface area contributed by atoms with Gasteiger partial charge in [0.2, 0.25) is 0 Å². The van der Waals surface area contributed by atoms with Crippen LogP contribution in [0.4, 0.5) is 10.1 Å². The van der Waals surface area contributed by atoms with Crippen molar-refractivity contribution in [3.05, 3.63) is 29.6 Å². The van der Waals surface area contributed by atoms with Gasteiger partial charge in [0.1, 0.15) is 11.7 Å². The number of hydrogen-bond acceptors (Lipinski definition) is 4. The van der Waals surface area contributed by atoms with Crippen LogP contribution in [0.1, 0.15) is 12.0 Å².